The van der Waals surface area contributed by atoms with E-state index < -0.39 is 11.9 Å². The fourth-order valence-corrected chi connectivity index (χ4v) is 3.57. The lowest BCUT2D eigenvalue weighted by Gasteiger charge is -2.38. The summed E-state index contributed by atoms with van der Waals surface area (Å²) in [7, 11) is 0. The van der Waals surface area contributed by atoms with E-state index in [9.17, 15) is 9.90 Å². The van der Waals surface area contributed by atoms with Gasteiger partial charge in [-0.3, -0.25) is 9.69 Å². The number of nitrogens with zero attached hydrogens (tertiary/aromatic N) is 1. The Bertz CT molecular complexity index is 649. The van der Waals surface area contributed by atoms with E-state index >= 15 is 0 Å². The average Bonchev–Trinajstić information content (AvgIpc) is 2.52. The molecule has 1 atom stereocenters. The molecule has 0 aliphatic carbocycles. The summed E-state index contributed by atoms with van der Waals surface area (Å²) < 4.78 is 6.22. The predicted molar refractivity (Wildman–Crippen MR) is 95.5 cm³/mol. The third kappa shape index (κ3) is 3.09. The fourth-order valence-electron chi connectivity index (χ4n) is 3.57. The number of phenolic OH excluding ortho intramolecular Hbond substituents is 1. The summed E-state index contributed by atoms with van der Waals surface area (Å²) in [4.78, 5) is 14.2. The van der Waals surface area contributed by atoms with Gasteiger partial charge in [-0.25, -0.2) is 0 Å². The first-order valence-corrected chi connectivity index (χ1v) is 8.71. The molecule has 0 bridgehead atoms. The van der Waals surface area contributed by atoms with Crippen LogP contribution >= 0.6 is 0 Å². The molecule has 1 aliphatic heterocycles. The maximum Gasteiger partial charge on any atom is 0.239 e. The predicted octanol–water partition coefficient (Wildman–Crippen LogP) is 2.98. The summed E-state index contributed by atoms with van der Waals surface area (Å²) in [6, 6.07) is -0.641. The molecule has 5 heteroatoms. The molecular weight excluding hydrogens is 304 g/mol. The van der Waals surface area contributed by atoms with Crippen molar-refractivity contribution < 1.29 is 14.6 Å². The number of ether oxygens (including phenoxy) is 1. The van der Waals surface area contributed by atoms with Gasteiger partial charge in [0.2, 0.25) is 5.91 Å². The summed E-state index contributed by atoms with van der Waals surface area (Å²) in [6.45, 7) is 13.3. The molecule has 0 saturated carbocycles. The van der Waals surface area contributed by atoms with E-state index in [0.717, 1.165) is 35.3 Å². The molecule has 5 nitrogen and oxygen atoms in total. The van der Waals surface area contributed by atoms with Gasteiger partial charge in [0.1, 0.15) is 23.1 Å². The van der Waals surface area contributed by atoms with Crippen molar-refractivity contribution in [2.75, 3.05) is 13.1 Å². The minimum atomic E-state index is -0.641. The number of fused-ring (bicyclic) bond motifs is 1. The molecule has 0 saturated heterocycles. The van der Waals surface area contributed by atoms with Crippen LogP contribution < -0.4 is 10.5 Å². The van der Waals surface area contributed by atoms with Crippen LogP contribution in [0.2, 0.25) is 0 Å². The van der Waals surface area contributed by atoms with E-state index in [0.29, 0.717) is 18.7 Å². The van der Waals surface area contributed by atoms with Crippen molar-refractivity contribution in [2.24, 2.45) is 5.73 Å². The standard InChI is InChI=1S/C19H30N2O3/c1-7-21(8-2)15(18(20)23)14-13-9-10-19(5,6)24-17(13)12(4)11(3)16(14)22/h15,22H,7-10H2,1-6H3,(H2,20,23). The number of rotatable bonds is 5. The van der Waals surface area contributed by atoms with E-state index in [2.05, 4.69) is 13.8 Å². The molecule has 1 unspecified atom stereocenters. The zero-order valence-corrected chi connectivity index (χ0v) is 15.7. The summed E-state index contributed by atoms with van der Waals surface area (Å²) in [5, 5.41) is 10.8. The fraction of sp³-hybridized carbons (Fsp3) is 0.632. The number of hydrogen-bond acceptors (Lipinski definition) is 4. The SMILES string of the molecule is CCN(CC)C(C(N)=O)c1c(O)c(C)c(C)c2c1CCC(C)(C)O2. The Morgan fingerprint density at radius 2 is 1.88 bits per heavy atom. The molecule has 1 aromatic carbocycles. The van der Waals surface area contributed by atoms with E-state index in [4.69, 9.17) is 10.5 Å². The lowest BCUT2D eigenvalue weighted by Crippen LogP contribution is -2.40. The lowest BCUT2D eigenvalue weighted by atomic mass is 9.84. The second-order valence-corrected chi connectivity index (χ2v) is 7.21. The molecule has 1 heterocycles. The molecule has 24 heavy (non-hydrogen) atoms. The molecule has 0 spiro atoms. The van der Waals surface area contributed by atoms with Crippen LogP contribution in [0, 0.1) is 13.8 Å². The first kappa shape index (κ1) is 18.6. The van der Waals surface area contributed by atoms with Crippen molar-refractivity contribution >= 4 is 5.91 Å². The van der Waals surface area contributed by atoms with Gasteiger partial charge >= 0.3 is 0 Å². The highest BCUT2D eigenvalue weighted by Crippen LogP contribution is 2.46. The van der Waals surface area contributed by atoms with Crippen LogP contribution in [0.15, 0.2) is 0 Å². The maximum absolute atomic E-state index is 12.2. The van der Waals surface area contributed by atoms with E-state index in [1.807, 2.05) is 32.6 Å². The number of amides is 1. The summed E-state index contributed by atoms with van der Waals surface area (Å²) >= 11 is 0. The average molecular weight is 334 g/mol. The van der Waals surface area contributed by atoms with Crippen LogP contribution in [0.25, 0.3) is 0 Å². The van der Waals surface area contributed by atoms with Crippen molar-refractivity contribution in [3.05, 3.63) is 22.3 Å². The van der Waals surface area contributed by atoms with Gasteiger partial charge in [0.25, 0.3) is 0 Å². The zero-order chi connectivity index (χ0) is 18.2. The quantitative estimate of drug-likeness (QED) is 0.868. The summed E-state index contributed by atoms with van der Waals surface area (Å²) in [5.74, 6) is 0.532. The van der Waals surface area contributed by atoms with Gasteiger partial charge in [-0.2, -0.15) is 0 Å². The highest BCUT2D eigenvalue weighted by atomic mass is 16.5. The number of phenols is 1. The monoisotopic (exact) mass is 334 g/mol. The third-order valence-electron chi connectivity index (χ3n) is 5.19. The van der Waals surface area contributed by atoms with Crippen molar-refractivity contribution in [3.8, 4) is 11.5 Å². The van der Waals surface area contributed by atoms with Gasteiger partial charge in [-0.05, 0) is 64.8 Å². The number of carbonyl (C=O) groups is 1. The highest BCUT2D eigenvalue weighted by molar-refractivity contribution is 5.84. The van der Waals surface area contributed by atoms with Crippen LogP contribution in [-0.4, -0.2) is 34.6 Å². The molecular formula is C19H30N2O3. The zero-order valence-electron chi connectivity index (χ0n) is 15.7. The molecule has 1 aliphatic rings. The molecule has 0 fully saturated rings. The van der Waals surface area contributed by atoms with Crippen LogP contribution in [0.5, 0.6) is 11.5 Å². The van der Waals surface area contributed by atoms with Gasteiger partial charge in [0, 0.05) is 11.1 Å². The van der Waals surface area contributed by atoms with Gasteiger partial charge in [0.15, 0.2) is 0 Å². The minimum absolute atomic E-state index is 0.172. The highest BCUT2D eigenvalue weighted by Gasteiger charge is 2.37. The third-order valence-corrected chi connectivity index (χ3v) is 5.19. The van der Waals surface area contributed by atoms with Crippen LogP contribution in [-0.2, 0) is 11.2 Å². The number of benzene rings is 1. The second kappa shape index (κ2) is 6.63. The molecule has 0 radical (unpaired) electrons. The van der Waals surface area contributed by atoms with Crippen molar-refractivity contribution in [1.82, 2.24) is 4.90 Å². The van der Waals surface area contributed by atoms with Crippen molar-refractivity contribution in [3.63, 3.8) is 0 Å². The Morgan fingerprint density at radius 1 is 1.29 bits per heavy atom. The Morgan fingerprint density at radius 3 is 2.38 bits per heavy atom. The van der Waals surface area contributed by atoms with Gasteiger partial charge in [0.05, 0.1) is 0 Å². The molecule has 2 rings (SSSR count). The lowest BCUT2D eigenvalue weighted by molar-refractivity contribution is -0.123. The van der Waals surface area contributed by atoms with Crippen molar-refractivity contribution in [2.45, 2.75) is 66.0 Å². The van der Waals surface area contributed by atoms with E-state index in [1.165, 1.54) is 0 Å². The van der Waals surface area contributed by atoms with Gasteiger partial charge in [-0.1, -0.05) is 13.8 Å². The van der Waals surface area contributed by atoms with Gasteiger partial charge in [-0.15, -0.1) is 0 Å². The van der Waals surface area contributed by atoms with E-state index in [1.54, 1.807) is 0 Å². The number of aromatic hydroxyl groups is 1. The summed E-state index contributed by atoms with van der Waals surface area (Å²) in [5.41, 5.74) is 8.71. The second-order valence-electron chi connectivity index (χ2n) is 7.21. The Kier molecular flexibility index (Phi) is 5.14. The van der Waals surface area contributed by atoms with Crippen LogP contribution in [0.4, 0.5) is 0 Å². The number of primary amides is 1. The van der Waals surface area contributed by atoms with Crippen LogP contribution in [0.1, 0.15) is 62.4 Å². The molecule has 1 aromatic rings. The number of nitrogens with two attached hydrogens (primary N) is 1. The molecule has 0 aromatic heterocycles. The summed E-state index contributed by atoms with van der Waals surface area (Å²) in [6.07, 6.45) is 1.59. The Labute approximate surface area is 144 Å². The Balaban J connectivity index is 2.74. The molecule has 3 N–H and O–H groups in total. The largest absolute Gasteiger partial charge is 0.507 e. The number of hydrogen-bond donors (Lipinski definition) is 2. The van der Waals surface area contributed by atoms with Crippen LogP contribution in [0.3, 0.4) is 0 Å². The molecule has 1 amide bonds. The van der Waals surface area contributed by atoms with E-state index in [-0.39, 0.29) is 11.4 Å². The number of likely N-dealkylation sites (N-methyl/N-ethyl adjacent to an activating group) is 1. The Hall–Kier alpha value is -1.75. The topological polar surface area (TPSA) is 75.8 Å². The minimum Gasteiger partial charge on any atom is -0.507 e. The molecule has 134 valence electrons. The maximum atomic E-state index is 12.2. The normalized spacial score (nSPS) is 17.3. The first-order chi connectivity index (χ1) is 11.1. The van der Waals surface area contributed by atoms with Gasteiger partial charge < -0.3 is 15.6 Å². The smallest absolute Gasteiger partial charge is 0.239 e. The first-order valence-electron chi connectivity index (χ1n) is 8.71. The number of carbonyl (C=O) groups excluding carboxylic acids is 1. The van der Waals surface area contributed by atoms with Crippen molar-refractivity contribution in [1.29, 1.82) is 0 Å².